The maximum atomic E-state index is 10.6. The van der Waals surface area contributed by atoms with Gasteiger partial charge in [-0.15, -0.1) is 9.42 Å². The van der Waals surface area contributed by atoms with Gasteiger partial charge >= 0.3 is 8.25 Å². The van der Waals surface area contributed by atoms with E-state index < -0.39 is 20.4 Å². The van der Waals surface area contributed by atoms with Crippen LogP contribution in [0.25, 0.3) is 0 Å². The fourth-order valence-electron chi connectivity index (χ4n) is 1.69. The van der Waals surface area contributed by atoms with E-state index in [4.69, 9.17) is 27.0 Å². The lowest BCUT2D eigenvalue weighted by Gasteiger charge is -2.26. The SMILES string of the molecule is [B]C(CCOCCOC)OC(CO)C(CC)CO[P+](=O)O. The van der Waals surface area contributed by atoms with Gasteiger partial charge in [0.1, 0.15) is 14.5 Å². The molecule has 4 unspecified atom stereocenters. The normalized spacial score (nSPS) is 16.5. The van der Waals surface area contributed by atoms with Crippen LogP contribution in [-0.2, 0) is 23.3 Å². The van der Waals surface area contributed by atoms with Gasteiger partial charge in [0.15, 0.2) is 0 Å². The van der Waals surface area contributed by atoms with Gasteiger partial charge in [-0.05, 0) is 12.8 Å². The second kappa shape index (κ2) is 13.6. The number of aliphatic hydroxyl groups is 1. The Labute approximate surface area is 128 Å². The molecule has 0 aliphatic heterocycles. The molecule has 0 saturated heterocycles. The molecule has 0 bridgehead atoms. The highest BCUT2D eigenvalue weighted by molar-refractivity contribution is 7.32. The second-order valence-electron chi connectivity index (χ2n) is 4.49. The lowest BCUT2D eigenvalue weighted by atomic mass is 9.94. The molecule has 0 spiro atoms. The molecule has 0 heterocycles. The Hall–Kier alpha value is -0.0751. The number of aliphatic hydroxyl groups excluding tert-OH is 1. The third-order valence-corrected chi connectivity index (χ3v) is 3.33. The smallest absolute Gasteiger partial charge is 0.394 e. The van der Waals surface area contributed by atoms with E-state index in [-0.39, 0.29) is 19.1 Å². The van der Waals surface area contributed by atoms with Crippen molar-refractivity contribution < 1.29 is 33.3 Å². The summed E-state index contributed by atoms with van der Waals surface area (Å²) in [5, 5.41) is 9.36. The van der Waals surface area contributed by atoms with Crippen LogP contribution in [-0.4, -0.2) is 70.1 Å². The van der Waals surface area contributed by atoms with Gasteiger partial charge in [0, 0.05) is 30.2 Å². The molecule has 0 aliphatic carbocycles. The predicted molar refractivity (Wildman–Crippen MR) is 78.4 cm³/mol. The van der Waals surface area contributed by atoms with E-state index in [2.05, 4.69) is 4.52 Å². The average Bonchev–Trinajstić information content (AvgIpc) is 2.46. The molecule has 7 nitrogen and oxygen atoms in total. The van der Waals surface area contributed by atoms with Gasteiger partial charge in [0.05, 0.1) is 25.9 Å². The molecular formula is C12H25BO7P+. The Morgan fingerprint density at radius 1 is 1.29 bits per heavy atom. The van der Waals surface area contributed by atoms with Gasteiger partial charge in [0.2, 0.25) is 0 Å². The van der Waals surface area contributed by atoms with Crippen LogP contribution in [0, 0.1) is 5.92 Å². The maximum Gasteiger partial charge on any atom is 0.694 e. The average molecular weight is 323 g/mol. The first-order valence-electron chi connectivity index (χ1n) is 6.92. The van der Waals surface area contributed by atoms with E-state index in [1.165, 1.54) is 0 Å². The second-order valence-corrected chi connectivity index (χ2v) is 5.23. The summed E-state index contributed by atoms with van der Waals surface area (Å²) < 4.78 is 30.9. The molecule has 0 fully saturated rings. The van der Waals surface area contributed by atoms with Crippen molar-refractivity contribution in [2.24, 2.45) is 5.92 Å². The summed E-state index contributed by atoms with van der Waals surface area (Å²) in [6.07, 6.45) is 0.566. The van der Waals surface area contributed by atoms with E-state index in [1.54, 1.807) is 7.11 Å². The standard InChI is InChI=1S/C12H24BO7P/c1-3-10(9-19-21(15)16)11(8-14)20-12(13)4-5-18-7-6-17-2/h10-12,14H,3-9H2,1-2H3/p+1. The number of hydrogen-bond donors (Lipinski definition) is 2. The van der Waals surface area contributed by atoms with Crippen molar-refractivity contribution in [1.82, 2.24) is 0 Å². The Bertz CT molecular complexity index is 270. The van der Waals surface area contributed by atoms with Crippen LogP contribution in [0.4, 0.5) is 0 Å². The summed E-state index contributed by atoms with van der Waals surface area (Å²) in [4.78, 5) is 8.65. The van der Waals surface area contributed by atoms with Crippen LogP contribution < -0.4 is 0 Å². The molecule has 0 aromatic heterocycles. The van der Waals surface area contributed by atoms with E-state index in [0.29, 0.717) is 32.7 Å². The van der Waals surface area contributed by atoms with Gasteiger partial charge in [-0.25, -0.2) is 0 Å². The molecule has 0 rings (SSSR count). The molecular weight excluding hydrogens is 298 g/mol. The van der Waals surface area contributed by atoms with Crippen LogP contribution >= 0.6 is 8.25 Å². The first kappa shape index (κ1) is 20.9. The molecule has 0 aromatic carbocycles. The number of hydrogen-bond acceptors (Lipinski definition) is 6. The lowest BCUT2D eigenvalue weighted by Crippen LogP contribution is -2.35. The minimum Gasteiger partial charge on any atom is -0.394 e. The predicted octanol–water partition coefficient (Wildman–Crippen LogP) is 0.604. The van der Waals surface area contributed by atoms with Gasteiger partial charge in [-0.2, -0.15) is 0 Å². The van der Waals surface area contributed by atoms with E-state index in [9.17, 15) is 9.67 Å². The van der Waals surface area contributed by atoms with E-state index in [1.807, 2.05) is 6.92 Å². The Morgan fingerprint density at radius 3 is 2.52 bits per heavy atom. The molecule has 0 aliphatic rings. The largest absolute Gasteiger partial charge is 0.694 e. The zero-order valence-electron chi connectivity index (χ0n) is 12.6. The topological polar surface area (TPSA) is 94.5 Å². The Morgan fingerprint density at radius 2 is 2.00 bits per heavy atom. The van der Waals surface area contributed by atoms with Crippen LogP contribution in [0.15, 0.2) is 0 Å². The van der Waals surface area contributed by atoms with E-state index >= 15 is 0 Å². The lowest BCUT2D eigenvalue weighted by molar-refractivity contribution is -0.0585. The molecule has 0 amide bonds. The van der Waals surface area contributed by atoms with Gasteiger partial charge in [0.25, 0.3) is 0 Å². The maximum absolute atomic E-state index is 10.6. The summed E-state index contributed by atoms with van der Waals surface area (Å²) >= 11 is 0. The minimum atomic E-state index is -2.65. The first-order chi connectivity index (χ1) is 10.0. The molecule has 122 valence electrons. The summed E-state index contributed by atoms with van der Waals surface area (Å²) in [5.41, 5.74) is 0. The molecule has 2 radical (unpaired) electrons. The van der Waals surface area contributed by atoms with Crippen LogP contribution in [0.5, 0.6) is 0 Å². The Balaban J connectivity index is 4.04. The minimum absolute atomic E-state index is 0.0322. The fourth-order valence-corrected chi connectivity index (χ4v) is 2.01. The molecule has 9 heteroatoms. The van der Waals surface area contributed by atoms with Gasteiger partial charge < -0.3 is 19.3 Å². The first-order valence-corrected chi connectivity index (χ1v) is 8.05. The van der Waals surface area contributed by atoms with E-state index in [0.717, 1.165) is 0 Å². The molecule has 2 N–H and O–H groups in total. The van der Waals surface area contributed by atoms with Crippen LogP contribution in [0.3, 0.4) is 0 Å². The van der Waals surface area contributed by atoms with Crippen molar-refractivity contribution in [2.45, 2.75) is 31.9 Å². The monoisotopic (exact) mass is 323 g/mol. The fraction of sp³-hybridized carbons (Fsp3) is 1.00. The summed E-state index contributed by atoms with van der Waals surface area (Å²) in [7, 11) is 4.76. The third kappa shape index (κ3) is 11.2. The van der Waals surface area contributed by atoms with Crippen molar-refractivity contribution >= 4 is 16.1 Å². The van der Waals surface area contributed by atoms with Crippen molar-refractivity contribution in [3.63, 3.8) is 0 Å². The zero-order valence-corrected chi connectivity index (χ0v) is 13.5. The molecule has 4 atom stereocenters. The van der Waals surface area contributed by atoms with Crippen LogP contribution in [0.1, 0.15) is 19.8 Å². The summed E-state index contributed by atoms with van der Waals surface area (Å²) in [6, 6.07) is -0.582. The molecule has 0 aromatic rings. The van der Waals surface area contributed by atoms with Crippen LogP contribution in [0.2, 0.25) is 0 Å². The zero-order chi connectivity index (χ0) is 16.1. The highest BCUT2D eigenvalue weighted by Crippen LogP contribution is 2.21. The van der Waals surface area contributed by atoms with Gasteiger partial charge in [-0.1, -0.05) is 6.92 Å². The highest BCUT2D eigenvalue weighted by atomic mass is 31.1. The number of rotatable bonds is 14. The van der Waals surface area contributed by atoms with Crippen molar-refractivity contribution in [3.05, 3.63) is 0 Å². The number of methoxy groups -OCH3 is 1. The van der Waals surface area contributed by atoms with Crippen molar-refractivity contribution in [3.8, 4) is 0 Å². The summed E-state index contributed by atoms with van der Waals surface area (Å²) in [5.74, 6) is -0.207. The summed E-state index contributed by atoms with van der Waals surface area (Å²) in [6.45, 7) is 3.11. The third-order valence-electron chi connectivity index (χ3n) is 2.96. The van der Waals surface area contributed by atoms with Crippen molar-refractivity contribution in [2.75, 3.05) is 40.1 Å². The Kier molecular flexibility index (Phi) is 13.5. The molecule has 0 saturated carbocycles. The molecule has 21 heavy (non-hydrogen) atoms. The highest BCUT2D eigenvalue weighted by Gasteiger charge is 2.26. The quantitative estimate of drug-likeness (QED) is 0.275. The van der Waals surface area contributed by atoms with Crippen molar-refractivity contribution in [1.29, 1.82) is 0 Å². The number of ether oxygens (including phenoxy) is 3. The van der Waals surface area contributed by atoms with Gasteiger partial charge in [-0.3, -0.25) is 0 Å².